The minimum absolute atomic E-state index is 0.0428. The lowest BCUT2D eigenvalue weighted by molar-refractivity contribution is 0.290. The number of benzene rings is 2. The molecule has 122 valence electrons. The van der Waals surface area contributed by atoms with Gasteiger partial charge in [0.2, 0.25) is 0 Å². The first-order chi connectivity index (χ1) is 11.2. The van der Waals surface area contributed by atoms with Gasteiger partial charge < -0.3 is 4.74 Å². The van der Waals surface area contributed by atoms with Gasteiger partial charge >= 0.3 is 0 Å². The summed E-state index contributed by atoms with van der Waals surface area (Å²) in [6, 6.07) is 15.9. The number of azo groups is 1. The quantitative estimate of drug-likeness (QED) is 0.363. The highest BCUT2D eigenvalue weighted by Crippen LogP contribution is 2.23. The number of hydrogen-bond acceptors (Lipinski definition) is 3. The molecule has 2 aromatic carbocycles. The molecule has 2 aromatic rings. The smallest absolute Gasteiger partial charge is 0.153 e. The zero-order valence-electron chi connectivity index (χ0n) is 13.7. The van der Waals surface area contributed by atoms with Gasteiger partial charge in [0.25, 0.3) is 0 Å². The summed E-state index contributed by atoms with van der Waals surface area (Å²) >= 11 is 3.45. The van der Waals surface area contributed by atoms with Crippen molar-refractivity contribution in [3.8, 4) is 5.75 Å². The van der Waals surface area contributed by atoms with Crippen LogP contribution in [0.15, 0.2) is 58.8 Å². The zero-order valence-corrected chi connectivity index (χ0v) is 15.3. The summed E-state index contributed by atoms with van der Waals surface area (Å²) in [4.78, 5) is 0. The first-order valence-corrected chi connectivity index (χ1v) is 9.04. The number of unbranched alkanes of at least 4 members (excludes halogenated alkanes) is 1. The van der Waals surface area contributed by atoms with Crippen LogP contribution in [0, 0.1) is 0 Å². The van der Waals surface area contributed by atoms with Crippen LogP contribution in [0.3, 0.4) is 0 Å². The lowest BCUT2D eigenvalue weighted by Gasteiger charge is -2.10. The van der Waals surface area contributed by atoms with Crippen LogP contribution in [0.25, 0.3) is 0 Å². The third-order valence-electron chi connectivity index (χ3n) is 3.46. The summed E-state index contributed by atoms with van der Waals surface area (Å²) < 4.78 is 5.67. The molecule has 4 heteroatoms. The third-order valence-corrected chi connectivity index (χ3v) is 4.29. The average molecular weight is 375 g/mol. The lowest BCUT2D eigenvalue weighted by Crippen LogP contribution is -2.05. The van der Waals surface area contributed by atoms with E-state index in [1.165, 1.54) is 18.4 Å². The molecule has 0 saturated heterocycles. The standard InChI is InChI=1S/C19H23BrN2O/c1-3-5-6-15-7-9-16(10-8-15)21-22-17-11-13-18(14-12-17)23-19(20)4-2/h7-14,19H,3-6H2,1-2H3. The normalized spacial score (nSPS) is 12.5. The fraction of sp³-hybridized carbons (Fsp3) is 0.368. The Bertz CT molecular complexity index is 608. The Labute approximate surface area is 146 Å². The second kappa shape index (κ2) is 9.46. The molecule has 0 aliphatic heterocycles. The second-order valence-corrected chi connectivity index (χ2v) is 6.42. The second-order valence-electron chi connectivity index (χ2n) is 5.40. The fourth-order valence-corrected chi connectivity index (χ4v) is 2.26. The Morgan fingerprint density at radius 3 is 2.00 bits per heavy atom. The molecule has 0 aliphatic carbocycles. The molecule has 0 bridgehead atoms. The van der Waals surface area contributed by atoms with Crippen LogP contribution in [-0.2, 0) is 6.42 Å². The van der Waals surface area contributed by atoms with Crippen molar-refractivity contribution in [3.63, 3.8) is 0 Å². The molecule has 0 aromatic heterocycles. The maximum Gasteiger partial charge on any atom is 0.153 e. The Kier molecular flexibility index (Phi) is 7.27. The topological polar surface area (TPSA) is 34.0 Å². The Balaban J connectivity index is 1.94. The van der Waals surface area contributed by atoms with Gasteiger partial charge in [0.1, 0.15) is 5.75 Å². The minimum atomic E-state index is 0.0428. The van der Waals surface area contributed by atoms with Crippen molar-refractivity contribution in [2.24, 2.45) is 10.2 Å². The number of alkyl halides is 1. The van der Waals surface area contributed by atoms with Crippen LogP contribution in [0.5, 0.6) is 5.75 Å². The third kappa shape index (κ3) is 6.14. The van der Waals surface area contributed by atoms with Gasteiger partial charge in [0, 0.05) is 0 Å². The van der Waals surface area contributed by atoms with E-state index in [-0.39, 0.29) is 5.01 Å². The number of rotatable bonds is 8. The van der Waals surface area contributed by atoms with E-state index < -0.39 is 0 Å². The van der Waals surface area contributed by atoms with Gasteiger partial charge in [-0.1, -0.05) is 32.4 Å². The largest absolute Gasteiger partial charge is 0.479 e. The molecule has 0 saturated carbocycles. The van der Waals surface area contributed by atoms with Crippen LogP contribution in [0.2, 0.25) is 0 Å². The zero-order chi connectivity index (χ0) is 16.5. The van der Waals surface area contributed by atoms with Gasteiger partial charge in [-0.05, 0) is 77.2 Å². The summed E-state index contributed by atoms with van der Waals surface area (Å²) in [7, 11) is 0. The monoisotopic (exact) mass is 374 g/mol. The van der Waals surface area contributed by atoms with E-state index in [0.717, 1.165) is 30.0 Å². The van der Waals surface area contributed by atoms with Crippen LogP contribution in [-0.4, -0.2) is 5.01 Å². The molecule has 3 nitrogen and oxygen atoms in total. The molecule has 0 heterocycles. The predicted molar refractivity (Wildman–Crippen MR) is 99.3 cm³/mol. The molecule has 0 N–H and O–H groups in total. The van der Waals surface area contributed by atoms with Crippen molar-refractivity contribution in [1.29, 1.82) is 0 Å². The van der Waals surface area contributed by atoms with Crippen molar-refractivity contribution in [3.05, 3.63) is 54.1 Å². The van der Waals surface area contributed by atoms with E-state index in [0.29, 0.717) is 0 Å². The number of aryl methyl sites for hydroxylation is 1. The Morgan fingerprint density at radius 2 is 1.48 bits per heavy atom. The molecule has 1 unspecified atom stereocenters. The van der Waals surface area contributed by atoms with Gasteiger partial charge in [-0.3, -0.25) is 0 Å². The minimum Gasteiger partial charge on any atom is -0.479 e. The lowest BCUT2D eigenvalue weighted by atomic mass is 10.1. The van der Waals surface area contributed by atoms with Gasteiger partial charge in [-0.2, -0.15) is 10.2 Å². The summed E-state index contributed by atoms with van der Waals surface area (Å²) in [6.07, 6.45) is 4.48. The van der Waals surface area contributed by atoms with Crippen LogP contribution < -0.4 is 4.74 Å². The van der Waals surface area contributed by atoms with Crippen LogP contribution in [0.1, 0.15) is 38.7 Å². The van der Waals surface area contributed by atoms with Crippen LogP contribution >= 0.6 is 15.9 Å². The Hall–Kier alpha value is -1.68. The molecule has 23 heavy (non-hydrogen) atoms. The highest BCUT2D eigenvalue weighted by Gasteiger charge is 2.02. The highest BCUT2D eigenvalue weighted by molar-refractivity contribution is 9.09. The maximum atomic E-state index is 5.67. The number of hydrogen-bond donors (Lipinski definition) is 0. The highest BCUT2D eigenvalue weighted by atomic mass is 79.9. The summed E-state index contributed by atoms with van der Waals surface area (Å²) in [6.45, 7) is 4.27. The van der Waals surface area contributed by atoms with E-state index in [9.17, 15) is 0 Å². The SMILES string of the molecule is CCCCc1ccc(N=Nc2ccc(OC(Br)CC)cc2)cc1. The van der Waals surface area contributed by atoms with Crippen molar-refractivity contribution in [2.75, 3.05) is 0 Å². The van der Waals surface area contributed by atoms with Crippen molar-refractivity contribution in [2.45, 2.75) is 44.5 Å². The molecule has 0 amide bonds. The molecule has 0 radical (unpaired) electrons. The molecule has 1 atom stereocenters. The summed E-state index contributed by atoms with van der Waals surface area (Å²) in [5.41, 5.74) is 3.04. The van der Waals surface area contributed by atoms with Gasteiger partial charge in [-0.25, -0.2) is 0 Å². The van der Waals surface area contributed by atoms with Crippen molar-refractivity contribution >= 4 is 27.3 Å². The van der Waals surface area contributed by atoms with E-state index >= 15 is 0 Å². The number of halogens is 1. The number of nitrogens with zero attached hydrogens (tertiary/aromatic N) is 2. The Morgan fingerprint density at radius 1 is 0.913 bits per heavy atom. The van der Waals surface area contributed by atoms with Crippen LogP contribution in [0.4, 0.5) is 11.4 Å². The fourth-order valence-electron chi connectivity index (χ4n) is 2.05. The molecule has 2 rings (SSSR count). The average Bonchev–Trinajstić information content (AvgIpc) is 2.60. The van der Waals surface area contributed by atoms with Gasteiger partial charge in [0.15, 0.2) is 5.01 Å². The molecule has 0 spiro atoms. The molecule has 0 aliphatic rings. The summed E-state index contributed by atoms with van der Waals surface area (Å²) in [5, 5.41) is 8.59. The number of ether oxygens (including phenoxy) is 1. The molecular formula is C19H23BrN2O. The van der Waals surface area contributed by atoms with Crippen molar-refractivity contribution in [1.82, 2.24) is 0 Å². The predicted octanol–water partition coefficient (Wildman–Crippen LogP) is 6.95. The summed E-state index contributed by atoms with van der Waals surface area (Å²) in [5.74, 6) is 0.827. The van der Waals surface area contributed by atoms with E-state index in [1.54, 1.807) is 0 Å². The first-order valence-electron chi connectivity index (χ1n) is 8.12. The molecule has 0 fully saturated rings. The molecular weight excluding hydrogens is 352 g/mol. The van der Waals surface area contributed by atoms with Gasteiger partial charge in [-0.15, -0.1) is 0 Å². The first kappa shape index (κ1) is 17.7. The van der Waals surface area contributed by atoms with E-state index in [2.05, 4.69) is 52.1 Å². The van der Waals surface area contributed by atoms with E-state index in [4.69, 9.17) is 4.74 Å². The maximum absolute atomic E-state index is 5.67. The van der Waals surface area contributed by atoms with Crippen molar-refractivity contribution < 1.29 is 4.74 Å². The van der Waals surface area contributed by atoms with Gasteiger partial charge in [0.05, 0.1) is 11.4 Å². The van der Waals surface area contributed by atoms with E-state index in [1.807, 2.05) is 36.4 Å².